The molecular formula is C32H28N4O2. The SMILES string of the molecule is CCCCCN1C(=O)C(C#N)=C(C)/C(=C\c2cn(-c3ccccc3)nc2-c2ccc3ccccc3c2)C1=O. The summed E-state index contributed by atoms with van der Waals surface area (Å²) in [5.41, 5.74) is 3.98. The molecule has 6 heteroatoms. The Morgan fingerprint density at radius 3 is 2.39 bits per heavy atom. The molecule has 0 saturated heterocycles. The molecule has 1 aliphatic heterocycles. The minimum Gasteiger partial charge on any atom is -0.274 e. The van der Waals surface area contributed by atoms with Gasteiger partial charge in [-0.25, -0.2) is 4.68 Å². The maximum absolute atomic E-state index is 13.6. The van der Waals surface area contributed by atoms with Gasteiger partial charge in [0, 0.05) is 29.4 Å². The van der Waals surface area contributed by atoms with Crippen molar-refractivity contribution in [2.75, 3.05) is 6.54 Å². The van der Waals surface area contributed by atoms with E-state index in [1.54, 1.807) is 17.7 Å². The predicted molar refractivity (Wildman–Crippen MR) is 149 cm³/mol. The number of imide groups is 1. The van der Waals surface area contributed by atoms with Crippen molar-refractivity contribution in [2.24, 2.45) is 0 Å². The Bertz CT molecular complexity index is 1640. The fourth-order valence-electron chi connectivity index (χ4n) is 4.78. The molecule has 0 radical (unpaired) electrons. The third-order valence-electron chi connectivity index (χ3n) is 6.90. The molecule has 0 bridgehead atoms. The topological polar surface area (TPSA) is 79.0 Å². The van der Waals surface area contributed by atoms with Crippen molar-refractivity contribution in [2.45, 2.75) is 33.1 Å². The Morgan fingerprint density at radius 1 is 0.921 bits per heavy atom. The molecule has 6 nitrogen and oxygen atoms in total. The molecule has 2 amide bonds. The van der Waals surface area contributed by atoms with Gasteiger partial charge in [-0.3, -0.25) is 14.5 Å². The normalized spacial score (nSPS) is 15.0. The minimum absolute atomic E-state index is 0.00931. The van der Waals surface area contributed by atoms with E-state index in [9.17, 15) is 14.9 Å². The summed E-state index contributed by atoms with van der Waals surface area (Å²) in [6, 6.07) is 26.1. The van der Waals surface area contributed by atoms with Crippen molar-refractivity contribution in [3.63, 3.8) is 0 Å². The molecule has 2 heterocycles. The van der Waals surface area contributed by atoms with Gasteiger partial charge in [-0.15, -0.1) is 0 Å². The Hall–Kier alpha value is -4.76. The van der Waals surface area contributed by atoms with Crippen LogP contribution >= 0.6 is 0 Å². The third-order valence-corrected chi connectivity index (χ3v) is 6.90. The van der Waals surface area contributed by atoms with Crippen LogP contribution in [0.4, 0.5) is 0 Å². The first-order chi connectivity index (χ1) is 18.5. The van der Waals surface area contributed by atoms with Crippen LogP contribution in [0.3, 0.4) is 0 Å². The Balaban J connectivity index is 1.67. The van der Waals surface area contributed by atoms with Crippen LogP contribution < -0.4 is 0 Å². The number of hydrogen-bond donors (Lipinski definition) is 0. The molecule has 0 fully saturated rings. The lowest BCUT2D eigenvalue weighted by Crippen LogP contribution is -2.43. The first kappa shape index (κ1) is 24.9. The second-order valence-electron chi connectivity index (χ2n) is 9.41. The number of para-hydroxylation sites is 1. The number of nitriles is 1. The predicted octanol–water partition coefficient (Wildman–Crippen LogP) is 6.47. The highest BCUT2D eigenvalue weighted by Gasteiger charge is 2.35. The Kier molecular flexibility index (Phi) is 7.01. The molecule has 4 aromatic rings. The van der Waals surface area contributed by atoms with Crippen LogP contribution in [0.2, 0.25) is 0 Å². The standard InChI is InChI=1S/C32H28N4O2/c1-3-4-10-17-35-31(37)28(22(2)29(20-33)32(35)38)19-26-21-36(27-13-6-5-7-14-27)34-30(26)25-16-15-23-11-8-9-12-24(23)18-25/h5-9,11-16,18-19,21H,3-4,10,17H2,1-2H3/b28-19+. The quantitative estimate of drug-likeness (QED) is 0.165. The first-order valence-corrected chi connectivity index (χ1v) is 12.8. The van der Waals surface area contributed by atoms with Crippen LogP contribution in [0, 0.1) is 11.3 Å². The number of carbonyl (C=O) groups is 2. The molecule has 0 atom stereocenters. The number of nitrogens with zero attached hydrogens (tertiary/aromatic N) is 4. The Labute approximate surface area is 222 Å². The van der Waals surface area contributed by atoms with Crippen LogP contribution in [0.15, 0.2) is 95.7 Å². The monoisotopic (exact) mass is 500 g/mol. The average molecular weight is 501 g/mol. The van der Waals surface area contributed by atoms with E-state index in [0.717, 1.165) is 40.4 Å². The molecule has 0 spiro atoms. The summed E-state index contributed by atoms with van der Waals surface area (Å²) in [6.45, 7) is 4.03. The maximum atomic E-state index is 13.6. The number of benzene rings is 3. The number of hydrogen-bond acceptors (Lipinski definition) is 4. The molecule has 1 aromatic heterocycles. The van der Waals surface area contributed by atoms with Crippen molar-refractivity contribution in [1.29, 1.82) is 5.26 Å². The molecule has 0 saturated carbocycles. The molecule has 188 valence electrons. The van der Waals surface area contributed by atoms with Gasteiger partial charge in [0.15, 0.2) is 0 Å². The number of rotatable bonds is 7. The summed E-state index contributed by atoms with van der Waals surface area (Å²) >= 11 is 0. The summed E-state index contributed by atoms with van der Waals surface area (Å²) in [4.78, 5) is 27.7. The van der Waals surface area contributed by atoms with Crippen molar-refractivity contribution < 1.29 is 9.59 Å². The maximum Gasteiger partial charge on any atom is 0.271 e. The van der Waals surface area contributed by atoms with Crippen molar-refractivity contribution >= 4 is 28.7 Å². The lowest BCUT2D eigenvalue weighted by atomic mass is 9.93. The number of unbranched alkanes of at least 4 members (excludes halogenated alkanes) is 2. The summed E-state index contributed by atoms with van der Waals surface area (Å²) < 4.78 is 1.79. The number of amides is 2. The number of aromatic nitrogens is 2. The van der Waals surface area contributed by atoms with Crippen LogP contribution in [0.25, 0.3) is 33.8 Å². The van der Waals surface area contributed by atoms with Gasteiger partial charge < -0.3 is 0 Å². The zero-order valence-electron chi connectivity index (χ0n) is 21.5. The fourth-order valence-corrected chi connectivity index (χ4v) is 4.78. The lowest BCUT2D eigenvalue weighted by molar-refractivity contribution is -0.140. The zero-order chi connectivity index (χ0) is 26.6. The van der Waals surface area contributed by atoms with Crippen molar-refractivity contribution in [3.05, 3.63) is 101 Å². The van der Waals surface area contributed by atoms with Gasteiger partial charge in [-0.2, -0.15) is 10.4 Å². The smallest absolute Gasteiger partial charge is 0.271 e. The largest absolute Gasteiger partial charge is 0.274 e. The van der Waals surface area contributed by atoms with Gasteiger partial charge in [0.2, 0.25) is 0 Å². The van der Waals surface area contributed by atoms with Crippen molar-refractivity contribution in [1.82, 2.24) is 14.7 Å². The molecular weight excluding hydrogens is 472 g/mol. The van der Waals surface area contributed by atoms with Gasteiger partial charge >= 0.3 is 0 Å². The van der Waals surface area contributed by atoms with Crippen LogP contribution in [-0.4, -0.2) is 33.0 Å². The molecule has 0 aliphatic carbocycles. The summed E-state index contributed by atoms with van der Waals surface area (Å²) in [5, 5.41) is 16.9. The van der Waals surface area contributed by atoms with E-state index >= 15 is 0 Å². The fraction of sp³-hybridized carbons (Fsp3) is 0.188. The van der Waals surface area contributed by atoms with Gasteiger partial charge in [-0.1, -0.05) is 74.4 Å². The van der Waals surface area contributed by atoms with E-state index in [1.807, 2.05) is 60.8 Å². The third kappa shape index (κ3) is 4.67. The number of fused-ring (bicyclic) bond motifs is 1. The highest BCUT2D eigenvalue weighted by Crippen LogP contribution is 2.32. The van der Waals surface area contributed by atoms with Gasteiger partial charge in [0.25, 0.3) is 11.8 Å². The zero-order valence-corrected chi connectivity index (χ0v) is 21.5. The van der Waals surface area contributed by atoms with E-state index in [1.165, 1.54) is 4.90 Å². The average Bonchev–Trinajstić information content (AvgIpc) is 3.37. The van der Waals surface area contributed by atoms with Crippen LogP contribution in [0.5, 0.6) is 0 Å². The molecule has 5 rings (SSSR count). The molecule has 3 aromatic carbocycles. The second kappa shape index (κ2) is 10.7. The molecule has 0 unspecified atom stereocenters. The second-order valence-corrected chi connectivity index (χ2v) is 9.41. The van der Waals surface area contributed by atoms with E-state index in [4.69, 9.17) is 5.10 Å². The minimum atomic E-state index is -0.516. The molecule has 38 heavy (non-hydrogen) atoms. The number of carbonyl (C=O) groups excluding carboxylic acids is 2. The summed E-state index contributed by atoms with van der Waals surface area (Å²) in [7, 11) is 0. The Morgan fingerprint density at radius 2 is 1.66 bits per heavy atom. The van der Waals surface area contributed by atoms with E-state index in [0.29, 0.717) is 29.8 Å². The first-order valence-electron chi connectivity index (χ1n) is 12.8. The van der Waals surface area contributed by atoms with Crippen molar-refractivity contribution in [3.8, 4) is 23.0 Å². The van der Waals surface area contributed by atoms with Crippen LogP contribution in [0.1, 0.15) is 38.7 Å². The molecule has 1 aliphatic rings. The van der Waals surface area contributed by atoms with Gasteiger partial charge in [0.1, 0.15) is 11.6 Å². The summed E-state index contributed by atoms with van der Waals surface area (Å²) in [6.07, 6.45) is 6.22. The van der Waals surface area contributed by atoms with Gasteiger partial charge in [0.05, 0.1) is 11.4 Å². The lowest BCUT2D eigenvalue weighted by Gasteiger charge is -2.27. The van der Waals surface area contributed by atoms with E-state index < -0.39 is 5.91 Å². The van der Waals surface area contributed by atoms with E-state index in [2.05, 4.69) is 31.2 Å². The highest BCUT2D eigenvalue weighted by atomic mass is 16.2. The van der Waals surface area contributed by atoms with Crippen LogP contribution in [-0.2, 0) is 9.59 Å². The van der Waals surface area contributed by atoms with Gasteiger partial charge in [-0.05, 0) is 54.0 Å². The molecule has 0 N–H and O–H groups in total. The highest BCUT2D eigenvalue weighted by molar-refractivity contribution is 6.19. The summed E-state index contributed by atoms with van der Waals surface area (Å²) in [5.74, 6) is -0.891. The van der Waals surface area contributed by atoms with E-state index in [-0.39, 0.29) is 11.5 Å².